The standard InChI is InChI=1S/C23H21ClN2O3/c24-19-6-8-20(9-7-19)26-14-16(11-23(26)28)13-25-22(27)15-29-21-10-5-17-3-1-2-4-18(17)12-21/h1-10,12,16H,11,13-15H2,(H,25,27). The number of benzene rings is 3. The number of fused-ring (bicyclic) bond motifs is 1. The van der Waals surface area contributed by atoms with Crippen LogP contribution in [-0.4, -0.2) is 31.5 Å². The third-order valence-corrected chi connectivity index (χ3v) is 5.27. The minimum Gasteiger partial charge on any atom is -0.484 e. The molecule has 0 spiro atoms. The summed E-state index contributed by atoms with van der Waals surface area (Å²) in [6.07, 6.45) is 0.411. The molecular formula is C23H21ClN2O3. The van der Waals surface area contributed by atoms with Gasteiger partial charge in [-0.25, -0.2) is 0 Å². The van der Waals surface area contributed by atoms with Gasteiger partial charge in [0.15, 0.2) is 6.61 Å². The number of rotatable bonds is 6. The number of nitrogens with one attached hydrogen (secondary N) is 1. The summed E-state index contributed by atoms with van der Waals surface area (Å²) in [6, 6.07) is 20.9. The van der Waals surface area contributed by atoms with Crippen LogP contribution in [0.3, 0.4) is 0 Å². The zero-order valence-corrected chi connectivity index (χ0v) is 16.6. The molecule has 0 aromatic heterocycles. The zero-order valence-electron chi connectivity index (χ0n) is 15.8. The first-order chi connectivity index (χ1) is 14.1. The van der Waals surface area contributed by atoms with Crippen LogP contribution >= 0.6 is 11.6 Å². The van der Waals surface area contributed by atoms with Gasteiger partial charge in [-0.15, -0.1) is 0 Å². The van der Waals surface area contributed by atoms with Gasteiger partial charge in [0.2, 0.25) is 5.91 Å². The topological polar surface area (TPSA) is 58.6 Å². The molecule has 1 saturated heterocycles. The van der Waals surface area contributed by atoms with Crippen LogP contribution in [0, 0.1) is 5.92 Å². The SMILES string of the molecule is O=C(COc1ccc2ccccc2c1)NCC1CC(=O)N(c2ccc(Cl)cc2)C1. The Morgan fingerprint density at radius 1 is 1.07 bits per heavy atom. The molecule has 0 bridgehead atoms. The molecule has 5 nitrogen and oxygen atoms in total. The third kappa shape index (κ3) is 4.69. The van der Waals surface area contributed by atoms with Crippen molar-refractivity contribution in [2.24, 2.45) is 5.92 Å². The molecule has 1 heterocycles. The molecule has 6 heteroatoms. The van der Waals surface area contributed by atoms with Crippen molar-refractivity contribution < 1.29 is 14.3 Å². The van der Waals surface area contributed by atoms with E-state index in [0.717, 1.165) is 16.5 Å². The summed E-state index contributed by atoms with van der Waals surface area (Å²) in [5.41, 5.74) is 0.827. The van der Waals surface area contributed by atoms with Crippen molar-refractivity contribution in [1.29, 1.82) is 0 Å². The lowest BCUT2D eigenvalue weighted by Crippen LogP contribution is -2.34. The Hall–Kier alpha value is -3.05. The van der Waals surface area contributed by atoms with Gasteiger partial charge in [-0.3, -0.25) is 9.59 Å². The van der Waals surface area contributed by atoms with E-state index in [2.05, 4.69) is 5.32 Å². The Morgan fingerprint density at radius 3 is 2.62 bits per heavy atom. The highest BCUT2D eigenvalue weighted by Crippen LogP contribution is 2.26. The summed E-state index contributed by atoms with van der Waals surface area (Å²) in [4.78, 5) is 26.2. The quantitative estimate of drug-likeness (QED) is 0.669. The highest BCUT2D eigenvalue weighted by Gasteiger charge is 2.30. The second-order valence-electron chi connectivity index (χ2n) is 7.15. The van der Waals surface area contributed by atoms with E-state index in [-0.39, 0.29) is 24.3 Å². The minimum atomic E-state index is -0.199. The summed E-state index contributed by atoms with van der Waals surface area (Å²) in [5.74, 6) is 0.584. The van der Waals surface area contributed by atoms with Gasteiger partial charge in [0.25, 0.3) is 5.91 Å². The van der Waals surface area contributed by atoms with E-state index >= 15 is 0 Å². The van der Waals surface area contributed by atoms with E-state index in [4.69, 9.17) is 16.3 Å². The molecule has 0 aliphatic carbocycles. The lowest BCUT2D eigenvalue weighted by molar-refractivity contribution is -0.123. The van der Waals surface area contributed by atoms with Gasteiger partial charge in [0.1, 0.15) is 5.75 Å². The van der Waals surface area contributed by atoms with Gasteiger partial charge in [0.05, 0.1) is 0 Å². The largest absolute Gasteiger partial charge is 0.484 e. The number of halogens is 1. The number of carbonyl (C=O) groups excluding carboxylic acids is 2. The fraction of sp³-hybridized carbons (Fsp3) is 0.217. The van der Waals surface area contributed by atoms with Crippen LogP contribution in [-0.2, 0) is 9.59 Å². The van der Waals surface area contributed by atoms with Crippen molar-refractivity contribution in [3.63, 3.8) is 0 Å². The Balaban J connectivity index is 1.26. The maximum atomic E-state index is 12.3. The van der Waals surface area contributed by atoms with Crippen LogP contribution in [0.15, 0.2) is 66.7 Å². The van der Waals surface area contributed by atoms with Gasteiger partial charge in [0, 0.05) is 36.1 Å². The maximum absolute atomic E-state index is 12.3. The Labute approximate surface area is 174 Å². The normalized spacial score (nSPS) is 16.2. The lowest BCUT2D eigenvalue weighted by Gasteiger charge is -2.17. The number of hydrogen-bond donors (Lipinski definition) is 1. The minimum absolute atomic E-state index is 0.0546. The Bertz CT molecular complexity index is 1040. The summed E-state index contributed by atoms with van der Waals surface area (Å²) >= 11 is 5.91. The van der Waals surface area contributed by atoms with E-state index in [0.29, 0.717) is 30.3 Å². The van der Waals surface area contributed by atoms with E-state index in [9.17, 15) is 9.59 Å². The highest BCUT2D eigenvalue weighted by atomic mass is 35.5. The molecule has 3 aromatic rings. The predicted molar refractivity (Wildman–Crippen MR) is 114 cm³/mol. The first-order valence-corrected chi connectivity index (χ1v) is 9.90. The smallest absolute Gasteiger partial charge is 0.257 e. The molecule has 1 unspecified atom stereocenters. The van der Waals surface area contributed by atoms with Gasteiger partial charge >= 0.3 is 0 Å². The third-order valence-electron chi connectivity index (χ3n) is 5.02. The van der Waals surface area contributed by atoms with Crippen LogP contribution < -0.4 is 15.0 Å². The fourth-order valence-corrected chi connectivity index (χ4v) is 3.63. The van der Waals surface area contributed by atoms with E-state index in [1.165, 1.54) is 0 Å². The first kappa shape index (κ1) is 19.3. The molecule has 3 aromatic carbocycles. The molecule has 148 valence electrons. The van der Waals surface area contributed by atoms with Gasteiger partial charge in [-0.05, 0) is 47.2 Å². The summed E-state index contributed by atoms with van der Waals surface area (Å²) in [6.45, 7) is 0.960. The van der Waals surface area contributed by atoms with Crippen molar-refractivity contribution >= 4 is 39.9 Å². The average Bonchev–Trinajstić information content (AvgIpc) is 3.11. The number of hydrogen-bond acceptors (Lipinski definition) is 3. The fourth-order valence-electron chi connectivity index (χ4n) is 3.50. The first-order valence-electron chi connectivity index (χ1n) is 9.53. The molecule has 1 aliphatic rings. The van der Waals surface area contributed by atoms with E-state index < -0.39 is 0 Å². The maximum Gasteiger partial charge on any atom is 0.257 e. The van der Waals surface area contributed by atoms with Crippen LogP contribution in [0.2, 0.25) is 5.02 Å². The van der Waals surface area contributed by atoms with E-state index in [1.807, 2.05) is 54.6 Å². The molecular weight excluding hydrogens is 388 g/mol. The van der Waals surface area contributed by atoms with Crippen LogP contribution in [0.1, 0.15) is 6.42 Å². The van der Waals surface area contributed by atoms with Gasteiger partial charge in [-0.2, -0.15) is 0 Å². The van der Waals surface area contributed by atoms with Crippen LogP contribution in [0.5, 0.6) is 5.75 Å². The van der Waals surface area contributed by atoms with Gasteiger partial charge < -0.3 is 15.0 Å². The monoisotopic (exact) mass is 408 g/mol. The van der Waals surface area contributed by atoms with Gasteiger partial charge in [-0.1, -0.05) is 41.9 Å². The molecule has 1 aliphatic heterocycles. The summed E-state index contributed by atoms with van der Waals surface area (Å²) < 4.78 is 5.61. The van der Waals surface area contributed by atoms with Crippen LogP contribution in [0.25, 0.3) is 10.8 Å². The van der Waals surface area contributed by atoms with Crippen molar-refractivity contribution in [3.8, 4) is 5.75 Å². The lowest BCUT2D eigenvalue weighted by atomic mass is 10.1. The number of carbonyl (C=O) groups is 2. The molecule has 0 radical (unpaired) electrons. The molecule has 4 rings (SSSR count). The average molecular weight is 409 g/mol. The number of amides is 2. The molecule has 1 N–H and O–H groups in total. The zero-order chi connectivity index (χ0) is 20.2. The molecule has 0 saturated carbocycles. The van der Waals surface area contributed by atoms with Crippen molar-refractivity contribution in [2.75, 3.05) is 24.6 Å². The van der Waals surface area contributed by atoms with Crippen molar-refractivity contribution in [2.45, 2.75) is 6.42 Å². The number of ether oxygens (including phenoxy) is 1. The van der Waals surface area contributed by atoms with E-state index in [1.54, 1.807) is 17.0 Å². The Kier molecular flexibility index (Phi) is 5.67. The number of anilines is 1. The summed E-state index contributed by atoms with van der Waals surface area (Å²) in [5, 5.41) is 5.70. The highest BCUT2D eigenvalue weighted by molar-refractivity contribution is 6.30. The molecule has 1 atom stereocenters. The second-order valence-corrected chi connectivity index (χ2v) is 7.59. The predicted octanol–water partition coefficient (Wildman–Crippen LogP) is 4.04. The van der Waals surface area contributed by atoms with Crippen LogP contribution in [0.4, 0.5) is 5.69 Å². The Morgan fingerprint density at radius 2 is 1.83 bits per heavy atom. The summed E-state index contributed by atoms with van der Waals surface area (Å²) in [7, 11) is 0. The molecule has 29 heavy (non-hydrogen) atoms. The second kappa shape index (κ2) is 8.53. The van der Waals surface area contributed by atoms with Crippen molar-refractivity contribution in [3.05, 3.63) is 71.8 Å². The molecule has 2 amide bonds. The number of nitrogens with zero attached hydrogens (tertiary/aromatic N) is 1. The van der Waals surface area contributed by atoms with Crippen molar-refractivity contribution in [1.82, 2.24) is 5.32 Å². The molecule has 1 fully saturated rings.